The molecule has 2 aromatic heterocycles. The summed E-state index contributed by atoms with van der Waals surface area (Å²) in [7, 11) is 0. The van der Waals surface area contributed by atoms with Crippen LogP contribution in [-0.2, 0) is 28.0 Å². The molecule has 3 aliphatic heterocycles. The molecule has 0 spiro atoms. The molecule has 3 aromatic rings. The maximum atomic E-state index is 14.2. The first-order valence-electron chi connectivity index (χ1n) is 15.1. The largest absolute Gasteiger partial charge is 0.390 e. The standard InChI is InChI=1S/C32H43FN6O3/c1-21-14-37(27(13-34-21)16-36-9-10-42-19-22(36)2)17-29(41)39-20-32(3,4)30-28(39)12-24(11-23-5-7-25(33)8-6-23)31-35-26(18-40)15-38(30)31/h5-8,12,15,21-22,27,34,40H,9-11,13-14,16-20H2,1-4H3/t21-,22-,27-/m1/s1. The van der Waals surface area contributed by atoms with E-state index in [4.69, 9.17) is 9.72 Å². The van der Waals surface area contributed by atoms with Gasteiger partial charge in [0.15, 0.2) is 0 Å². The van der Waals surface area contributed by atoms with Crippen molar-refractivity contribution >= 4 is 17.2 Å². The highest BCUT2D eigenvalue weighted by molar-refractivity contribution is 5.98. The number of benzene rings is 1. The SMILES string of the molecule is C[C@@H]1CN(CC(=O)N2CC(C)(C)c3c2cc(Cc2ccc(F)cc2)c2nc(CO)cn32)[C@@H](CN2CCOC[C@H]2C)CN1. The number of imidazole rings is 1. The second-order valence-corrected chi connectivity index (χ2v) is 13.0. The minimum Gasteiger partial charge on any atom is -0.390 e. The Morgan fingerprint density at radius 3 is 2.74 bits per heavy atom. The van der Waals surface area contributed by atoms with E-state index in [1.807, 2.05) is 11.1 Å². The minimum atomic E-state index is -0.315. The van der Waals surface area contributed by atoms with Gasteiger partial charge < -0.3 is 24.5 Å². The zero-order chi connectivity index (χ0) is 29.6. The highest BCUT2D eigenvalue weighted by atomic mass is 19.1. The number of fused-ring (bicyclic) bond motifs is 3. The van der Waals surface area contributed by atoms with E-state index < -0.39 is 0 Å². The molecule has 2 saturated heterocycles. The fraction of sp³-hybridized carbons (Fsp3) is 0.562. The van der Waals surface area contributed by atoms with E-state index in [1.165, 1.54) is 12.1 Å². The Bertz CT molecular complexity index is 1440. The Morgan fingerprint density at radius 2 is 2.00 bits per heavy atom. The van der Waals surface area contributed by atoms with Crippen LogP contribution in [0.1, 0.15) is 50.2 Å². The molecule has 226 valence electrons. The Hall–Kier alpha value is -2.89. The van der Waals surface area contributed by atoms with Crippen LogP contribution in [0.2, 0.25) is 0 Å². The lowest BCUT2D eigenvalue weighted by Gasteiger charge is -2.43. The van der Waals surface area contributed by atoms with Crippen LogP contribution in [0, 0.1) is 5.82 Å². The molecular weight excluding hydrogens is 535 g/mol. The molecule has 3 aliphatic rings. The van der Waals surface area contributed by atoms with Crippen LogP contribution in [0.15, 0.2) is 36.5 Å². The van der Waals surface area contributed by atoms with Crippen molar-refractivity contribution in [2.24, 2.45) is 0 Å². The molecule has 1 amide bonds. The number of carbonyl (C=O) groups is 1. The van der Waals surface area contributed by atoms with Crippen LogP contribution in [0.5, 0.6) is 0 Å². The number of pyridine rings is 1. The number of halogens is 1. The van der Waals surface area contributed by atoms with E-state index in [-0.39, 0.29) is 29.8 Å². The van der Waals surface area contributed by atoms with Crippen LogP contribution in [0.25, 0.3) is 5.65 Å². The van der Waals surface area contributed by atoms with Crippen LogP contribution in [-0.4, -0.2) is 101 Å². The average Bonchev–Trinajstić information content (AvgIpc) is 3.51. The van der Waals surface area contributed by atoms with E-state index in [0.717, 1.165) is 67.5 Å². The van der Waals surface area contributed by atoms with Gasteiger partial charge in [-0.2, -0.15) is 0 Å². The van der Waals surface area contributed by atoms with Crippen molar-refractivity contribution in [1.82, 2.24) is 24.5 Å². The summed E-state index contributed by atoms with van der Waals surface area (Å²) in [6.07, 6.45) is 2.42. The number of nitrogens with zero attached hydrogens (tertiary/aromatic N) is 5. The summed E-state index contributed by atoms with van der Waals surface area (Å²) in [4.78, 5) is 25.7. The number of morpholine rings is 1. The molecule has 42 heavy (non-hydrogen) atoms. The van der Waals surface area contributed by atoms with Crippen molar-refractivity contribution in [1.29, 1.82) is 0 Å². The molecule has 0 saturated carbocycles. The predicted molar refractivity (Wildman–Crippen MR) is 160 cm³/mol. The molecular formula is C32H43FN6O3. The molecule has 0 radical (unpaired) electrons. The lowest BCUT2D eigenvalue weighted by Crippen LogP contribution is -2.62. The van der Waals surface area contributed by atoms with E-state index in [9.17, 15) is 14.3 Å². The molecule has 6 rings (SSSR count). The molecule has 2 fully saturated rings. The van der Waals surface area contributed by atoms with E-state index in [2.05, 4.69) is 53.3 Å². The minimum absolute atomic E-state index is 0.0885. The summed E-state index contributed by atoms with van der Waals surface area (Å²) in [5.41, 5.74) is 4.83. The Labute approximate surface area is 247 Å². The number of ether oxygens (including phenoxy) is 1. The normalized spacial score (nSPS) is 24.8. The van der Waals surface area contributed by atoms with Gasteiger partial charge in [0.05, 0.1) is 43.4 Å². The van der Waals surface area contributed by atoms with Crippen molar-refractivity contribution in [3.63, 3.8) is 0 Å². The summed E-state index contributed by atoms with van der Waals surface area (Å²) < 4.78 is 21.3. The fourth-order valence-electron chi connectivity index (χ4n) is 6.90. The van der Waals surface area contributed by atoms with Gasteiger partial charge in [-0.05, 0) is 37.6 Å². The third-order valence-corrected chi connectivity index (χ3v) is 9.11. The number of nitrogens with one attached hydrogen (secondary N) is 1. The number of amides is 1. The van der Waals surface area contributed by atoms with Crippen LogP contribution >= 0.6 is 0 Å². The first-order valence-corrected chi connectivity index (χ1v) is 15.1. The average molecular weight is 579 g/mol. The van der Waals surface area contributed by atoms with Crippen molar-refractivity contribution in [2.75, 3.05) is 57.4 Å². The van der Waals surface area contributed by atoms with Gasteiger partial charge in [0.25, 0.3) is 0 Å². The second kappa shape index (κ2) is 11.7. The van der Waals surface area contributed by atoms with Gasteiger partial charge in [-0.15, -0.1) is 0 Å². The maximum Gasteiger partial charge on any atom is 0.241 e. The molecule has 10 heteroatoms. The van der Waals surface area contributed by atoms with Crippen LogP contribution < -0.4 is 10.2 Å². The van der Waals surface area contributed by atoms with Gasteiger partial charge in [-0.3, -0.25) is 14.6 Å². The van der Waals surface area contributed by atoms with Gasteiger partial charge in [0, 0.05) is 74.4 Å². The topological polar surface area (TPSA) is 85.6 Å². The Morgan fingerprint density at radius 1 is 1.21 bits per heavy atom. The molecule has 3 atom stereocenters. The van der Waals surface area contributed by atoms with Gasteiger partial charge in [-0.25, -0.2) is 9.37 Å². The van der Waals surface area contributed by atoms with Crippen molar-refractivity contribution in [3.8, 4) is 0 Å². The summed E-state index contributed by atoms with van der Waals surface area (Å²) in [5.74, 6) is -0.186. The number of anilines is 1. The van der Waals surface area contributed by atoms with E-state index >= 15 is 0 Å². The van der Waals surface area contributed by atoms with Crippen molar-refractivity contribution in [2.45, 2.75) is 64.3 Å². The maximum absolute atomic E-state index is 14.2. The molecule has 0 unspecified atom stereocenters. The fourth-order valence-corrected chi connectivity index (χ4v) is 6.90. The lowest BCUT2D eigenvalue weighted by atomic mass is 9.90. The zero-order valence-corrected chi connectivity index (χ0v) is 25.1. The summed E-state index contributed by atoms with van der Waals surface area (Å²) >= 11 is 0. The Kier molecular flexibility index (Phi) is 8.10. The Balaban J connectivity index is 1.31. The number of carbonyl (C=O) groups excluding carboxylic acids is 1. The highest BCUT2D eigenvalue weighted by Crippen LogP contribution is 2.42. The lowest BCUT2D eigenvalue weighted by molar-refractivity contribution is -0.121. The van der Waals surface area contributed by atoms with E-state index in [0.29, 0.717) is 37.3 Å². The monoisotopic (exact) mass is 578 g/mol. The zero-order valence-electron chi connectivity index (χ0n) is 25.1. The van der Waals surface area contributed by atoms with Crippen LogP contribution in [0.3, 0.4) is 0 Å². The molecule has 1 aromatic carbocycles. The summed E-state index contributed by atoms with van der Waals surface area (Å²) in [6.45, 7) is 14.4. The van der Waals surface area contributed by atoms with E-state index in [1.54, 1.807) is 12.1 Å². The number of hydrogen-bond donors (Lipinski definition) is 2. The molecule has 9 nitrogen and oxygen atoms in total. The number of hydrogen-bond acceptors (Lipinski definition) is 7. The first kappa shape index (κ1) is 29.2. The van der Waals surface area contributed by atoms with Gasteiger partial charge in [-0.1, -0.05) is 26.0 Å². The molecule has 0 aliphatic carbocycles. The summed E-state index contributed by atoms with van der Waals surface area (Å²) in [5, 5.41) is 13.5. The number of aliphatic hydroxyl groups is 1. The molecule has 5 heterocycles. The van der Waals surface area contributed by atoms with Gasteiger partial charge in [0.1, 0.15) is 11.5 Å². The van der Waals surface area contributed by atoms with Crippen molar-refractivity contribution < 1.29 is 19.0 Å². The third-order valence-electron chi connectivity index (χ3n) is 9.11. The second-order valence-electron chi connectivity index (χ2n) is 13.0. The third kappa shape index (κ3) is 5.70. The number of piperazine rings is 1. The van der Waals surface area contributed by atoms with Crippen LogP contribution in [0.4, 0.5) is 10.1 Å². The number of aliphatic hydroxyl groups excluding tert-OH is 1. The summed E-state index contributed by atoms with van der Waals surface area (Å²) in [6, 6.07) is 9.48. The highest BCUT2D eigenvalue weighted by Gasteiger charge is 2.42. The first-order chi connectivity index (χ1) is 20.1. The number of rotatable bonds is 7. The smallest absolute Gasteiger partial charge is 0.241 e. The number of aromatic nitrogens is 2. The van der Waals surface area contributed by atoms with Gasteiger partial charge >= 0.3 is 0 Å². The quantitative estimate of drug-likeness (QED) is 0.446. The predicted octanol–water partition coefficient (Wildman–Crippen LogP) is 2.56. The molecule has 0 bridgehead atoms. The van der Waals surface area contributed by atoms with Gasteiger partial charge in [0.2, 0.25) is 5.91 Å². The van der Waals surface area contributed by atoms with Crippen molar-refractivity contribution in [3.05, 3.63) is 64.9 Å². The molecule has 2 N–H and O–H groups in total.